The molecule has 0 saturated carbocycles. The summed E-state index contributed by atoms with van der Waals surface area (Å²) in [4.78, 5) is 11.6. The highest BCUT2D eigenvalue weighted by atomic mass is 16.5. The third-order valence-corrected chi connectivity index (χ3v) is 5.61. The Balaban J connectivity index is 1.61. The highest BCUT2D eigenvalue weighted by Crippen LogP contribution is 2.42. The van der Waals surface area contributed by atoms with Gasteiger partial charge in [0.1, 0.15) is 6.10 Å². The molecule has 0 N–H and O–H groups in total. The number of carbonyl (C=O) groups excluding carboxylic acids is 1. The molecule has 1 unspecified atom stereocenters. The first-order chi connectivity index (χ1) is 10.1. The third kappa shape index (κ3) is 3.41. The maximum Gasteiger partial charge on any atom is 0.306 e. The number of hydrogen-bond donors (Lipinski definition) is 0. The molecular formula is C19H28O2. The van der Waals surface area contributed by atoms with Crippen LogP contribution >= 0.6 is 0 Å². The van der Waals surface area contributed by atoms with Gasteiger partial charge in [0.05, 0.1) is 0 Å². The monoisotopic (exact) mass is 288 g/mol. The van der Waals surface area contributed by atoms with Crippen molar-refractivity contribution in [1.29, 1.82) is 0 Å². The number of carbonyl (C=O) groups is 1. The number of rotatable bonds is 3. The Labute approximate surface area is 128 Å². The van der Waals surface area contributed by atoms with Crippen molar-refractivity contribution in [3.8, 4) is 0 Å². The number of hydrogen-bond acceptors (Lipinski definition) is 2. The Morgan fingerprint density at radius 3 is 2.95 bits per heavy atom. The lowest BCUT2D eigenvalue weighted by atomic mass is 9.68. The maximum atomic E-state index is 11.6. The van der Waals surface area contributed by atoms with Crippen molar-refractivity contribution < 1.29 is 9.53 Å². The van der Waals surface area contributed by atoms with Crippen LogP contribution in [0.15, 0.2) is 23.8 Å². The van der Waals surface area contributed by atoms with Gasteiger partial charge in [-0.2, -0.15) is 0 Å². The molecule has 3 rings (SSSR count). The van der Waals surface area contributed by atoms with E-state index in [2.05, 4.69) is 32.1 Å². The molecule has 1 heterocycles. The molecule has 21 heavy (non-hydrogen) atoms. The summed E-state index contributed by atoms with van der Waals surface area (Å²) in [5.74, 6) is 2.63. The SMILES string of the molecule is C[C@H]1CC(=O)OC(CC[C@H]2[C@@H](C)C=CC3=CCCC[C@@H]32)C1. The van der Waals surface area contributed by atoms with Crippen LogP contribution in [0.5, 0.6) is 0 Å². The van der Waals surface area contributed by atoms with E-state index in [4.69, 9.17) is 4.74 Å². The van der Waals surface area contributed by atoms with Crippen LogP contribution in [-0.4, -0.2) is 12.1 Å². The van der Waals surface area contributed by atoms with Crippen LogP contribution in [0.1, 0.15) is 58.8 Å². The Hall–Kier alpha value is -1.05. The molecule has 1 fully saturated rings. The van der Waals surface area contributed by atoms with E-state index in [1.165, 1.54) is 25.7 Å². The topological polar surface area (TPSA) is 26.3 Å². The number of allylic oxidation sites excluding steroid dienone is 4. The van der Waals surface area contributed by atoms with Crippen molar-refractivity contribution in [2.75, 3.05) is 0 Å². The zero-order valence-electron chi connectivity index (χ0n) is 13.4. The van der Waals surface area contributed by atoms with Gasteiger partial charge in [-0.25, -0.2) is 0 Å². The van der Waals surface area contributed by atoms with Crippen LogP contribution in [0.4, 0.5) is 0 Å². The molecule has 2 aliphatic carbocycles. The van der Waals surface area contributed by atoms with Crippen molar-refractivity contribution in [2.45, 2.75) is 64.9 Å². The van der Waals surface area contributed by atoms with E-state index in [1.54, 1.807) is 5.57 Å². The Morgan fingerprint density at radius 1 is 1.29 bits per heavy atom. The summed E-state index contributed by atoms with van der Waals surface area (Å²) in [5.41, 5.74) is 1.57. The zero-order chi connectivity index (χ0) is 14.8. The first-order valence-corrected chi connectivity index (χ1v) is 8.71. The largest absolute Gasteiger partial charge is 0.462 e. The smallest absolute Gasteiger partial charge is 0.306 e. The van der Waals surface area contributed by atoms with Gasteiger partial charge < -0.3 is 4.74 Å². The van der Waals surface area contributed by atoms with Crippen molar-refractivity contribution in [2.24, 2.45) is 23.7 Å². The molecule has 0 aromatic carbocycles. The third-order valence-electron chi connectivity index (χ3n) is 5.61. The van der Waals surface area contributed by atoms with E-state index in [0.29, 0.717) is 18.3 Å². The average Bonchev–Trinajstić information content (AvgIpc) is 2.45. The molecular weight excluding hydrogens is 260 g/mol. The first-order valence-electron chi connectivity index (χ1n) is 8.71. The van der Waals surface area contributed by atoms with Crippen LogP contribution in [0.25, 0.3) is 0 Å². The lowest BCUT2D eigenvalue weighted by molar-refractivity contribution is -0.157. The summed E-state index contributed by atoms with van der Waals surface area (Å²) in [6, 6.07) is 0. The molecule has 1 aliphatic heterocycles. The van der Waals surface area contributed by atoms with Crippen molar-refractivity contribution in [3.05, 3.63) is 23.8 Å². The molecule has 0 spiro atoms. The van der Waals surface area contributed by atoms with Gasteiger partial charge in [-0.15, -0.1) is 0 Å². The van der Waals surface area contributed by atoms with Gasteiger partial charge in [-0.3, -0.25) is 4.79 Å². The van der Waals surface area contributed by atoms with Gasteiger partial charge in [0.2, 0.25) is 0 Å². The summed E-state index contributed by atoms with van der Waals surface area (Å²) in [5, 5.41) is 0. The second kappa shape index (κ2) is 6.37. The van der Waals surface area contributed by atoms with Crippen LogP contribution in [0.3, 0.4) is 0 Å². The van der Waals surface area contributed by atoms with E-state index in [-0.39, 0.29) is 12.1 Å². The van der Waals surface area contributed by atoms with Gasteiger partial charge in [0.15, 0.2) is 0 Å². The Bertz CT molecular complexity index is 448. The van der Waals surface area contributed by atoms with Gasteiger partial charge in [-0.1, -0.05) is 32.1 Å². The van der Waals surface area contributed by atoms with Gasteiger partial charge >= 0.3 is 5.97 Å². The van der Waals surface area contributed by atoms with Gasteiger partial charge in [0.25, 0.3) is 0 Å². The van der Waals surface area contributed by atoms with Crippen LogP contribution in [0, 0.1) is 23.7 Å². The molecule has 116 valence electrons. The summed E-state index contributed by atoms with van der Waals surface area (Å²) in [6.45, 7) is 4.52. The minimum atomic E-state index is 0.00795. The summed E-state index contributed by atoms with van der Waals surface area (Å²) in [7, 11) is 0. The molecule has 0 amide bonds. The lowest BCUT2D eigenvalue weighted by Gasteiger charge is -2.38. The van der Waals surface area contributed by atoms with Crippen molar-refractivity contribution in [1.82, 2.24) is 0 Å². The molecule has 3 aliphatic rings. The highest BCUT2D eigenvalue weighted by molar-refractivity contribution is 5.70. The van der Waals surface area contributed by atoms with Gasteiger partial charge in [0, 0.05) is 6.42 Å². The van der Waals surface area contributed by atoms with Crippen LogP contribution in [0.2, 0.25) is 0 Å². The van der Waals surface area contributed by atoms with E-state index in [0.717, 1.165) is 24.7 Å². The molecule has 2 heteroatoms. The Morgan fingerprint density at radius 2 is 2.14 bits per heavy atom. The number of ether oxygens (including phenoxy) is 1. The second-order valence-electron chi connectivity index (χ2n) is 7.36. The predicted octanol–water partition coefficient (Wildman–Crippen LogP) is 4.66. The van der Waals surface area contributed by atoms with E-state index >= 15 is 0 Å². The fourth-order valence-corrected chi connectivity index (χ4v) is 4.47. The van der Waals surface area contributed by atoms with E-state index < -0.39 is 0 Å². The minimum absolute atomic E-state index is 0.00795. The normalized spacial score (nSPS) is 39.4. The standard InChI is InChI=1S/C19H28O2/c1-13-11-16(21-19(20)12-13)9-10-17-14(2)7-8-15-5-3-4-6-18(15)17/h5,7-8,13-14,16-18H,3-4,6,9-12H2,1-2H3/t13-,14+,16?,17+,18+/m1/s1. The highest BCUT2D eigenvalue weighted by Gasteiger charge is 2.33. The summed E-state index contributed by atoms with van der Waals surface area (Å²) >= 11 is 0. The molecule has 0 radical (unpaired) electrons. The molecule has 0 aromatic rings. The minimum Gasteiger partial charge on any atom is -0.462 e. The van der Waals surface area contributed by atoms with E-state index in [1.807, 2.05) is 0 Å². The van der Waals surface area contributed by atoms with E-state index in [9.17, 15) is 4.79 Å². The summed E-state index contributed by atoms with van der Waals surface area (Å²) in [6.07, 6.45) is 15.1. The Kier molecular flexibility index (Phi) is 4.51. The van der Waals surface area contributed by atoms with Crippen molar-refractivity contribution in [3.63, 3.8) is 0 Å². The van der Waals surface area contributed by atoms with Crippen molar-refractivity contribution >= 4 is 5.97 Å². The number of cyclic esters (lactones) is 1. The fourth-order valence-electron chi connectivity index (χ4n) is 4.47. The number of esters is 1. The predicted molar refractivity (Wildman–Crippen MR) is 84.7 cm³/mol. The van der Waals surface area contributed by atoms with Crippen LogP contribution < -0.4 is 0 Å². The quantitative estimate of drug-likeness (QED) is 0.706. The molecule has 2 nitrogen and oxygen atoms in total. The van der Waals surface area contributed by atoms with Gasteiger partial charge in [-0.05, 0) is 67.8 Å². The maximum absolute atomic E-state index is 11.6. The second-order valence-corrected chi connectivity index (χ2v) is 7.36. The fraction of sp³-hybridized carbons (Fsp3) is 0.737. The number of fused-ring (bicyclic) bond motifs is 1. The molecule has 5 atom stereocenters. The summed E-state index contributed by atoms with van der Waals surface area (Å²) < 4.78 is 5.55. The molecule has 1 saturated heterocycles. The lowest BCUT2D eigenvalue weighted by Crippen LogP contribution is -2.31. The first kappa shape index (κ1) is 14.9. The van der Waals surface area contributed by atoms with Crippen LogP contribution in [-0.2, 0) is 9.53 Å². The molecule has 0 bridgehead atoms. The average molecular weight is 288 g/mol. The zero-order valence-corrected chi connectivity index (χ0v) is 13.4. The molecule has 0 aromatic heterocycles.